The molecule has 0 saturated heterocycles. The molecule has 4 heteroatoms. The Kier molecular flexibility index (Phi) is 5.40. The summed E-state index contributed by atoms with van der Waals surface area (Å²) in [7, 11) is 0. The standard InChI is InChI=1S/C15H27N3O/c1-2-10-18-14(6-9-17-18)11-16-12-15(13-19)7-4-3-5-8-15/h6,9,16,19H,2-5,7-8,10-13H2,1H3. The fourth-order valence-corrected chi connectivity index (χ4v) is 3.07. The Labute approximate surface area is 116 Å². The topological polar surface area (TPSA) is 50.1 Å². The Morgan fingerprint density at radius 2 is 2.16 bits per heavy atom. The van der Waals surface area contributed by atoms with Gasteiger partial charge in [0.2, 0.25) is 0 Å². The normalized spacial score (nSPS) is 18.6. The summed E-state index contributed by atoms with van der Waals surface area (Å²) in [6, 6.07) is 2.08. The van der Waals surface area contributed by atoms with Gasteiger partial charge in [-0.05, 0) is 25.3 Å². The Balaban J connectivity index is 1.83. The minimum Gasteiger partial charge on any atom is -0.396 e. The number of rotatable bonds is 7. The maximum absolute atomic E-state index is 9.68. The Hall–Kier alpha value is -0.870. The molecule has 1 aliphatic rings. The molecule has 0 bridgehead atoms. The monoisotopic (exact) mass is 265 g/mol. The van der Waals surface area contributed by atoms with Crippen molar-refractivity contribution in [2.24, 2.45) is 5.41 Å². The van der Waals surface area contributed by atoms with Crippen LogP contribution in [0, 0.1) is 5.41 Å². The molecule has 0 atom stereocenters. The summed E-state index contributed by atoms with van der Waals surface area (Å²) in [6.45, 7) is 5.23. The van der Waals surface area contributed by atoms with Crippen LogP contribution in [0.3, 0.4) is 0 Å². The third-order valence-electron chi connectivity index (χ3n) is 4.30. The van der Waals surface area contributed by atoms with Crippen LogP contribution < -0.4 is 5.32 Å². The summed E-state index contributed by atoms with van der Waals surface area (Å²) in [5.74, 6) is 0. The van der Waals surface area contributed by atoms with Crippen LogP contribution in [-0.2, 0) is 13.1 Å². The van der Waals surface area contributed by atoms with Gasteiger partial charge in [0.05, 0.1) is 5.69 Å². The molecule has 2 N–H and O–H groups in total. The predicted molar refractivity (Wildman–Crippen MR) is 76.8 cm³/mol. The van der Waals surface area contributed by atoms with Gasteiger partial charge in [0.1, 0.15) is 0 Å². The molecule has 2 rings (SSSR count). The maximum atomic E-state index is 9.68. The van der Waals surface area contributed by atoms with E-state index in [0.29, 0.717) is 6.61 Å². The van der Waals surface area contributed by atoms with Gasteiger partial charge in [0.25, 0.3) is 0 Å². The van der Waals surface area contributed by atoms with E-state index in [0.717, 1.165) is 38.9 Å². The smallest absolute Gasteiger partial charge is 0.0522 e. The molecule has 4 nitrogen and oxygen atoms in total. The predicted octanol–water partition coefficient (Wildman–Crippen LogP) is 2.33. The number of nitrogens with zero attached hydrogens (tertiary/aromatic N) is 2. The molecule has 1 aromatic rings. The van der Waals surface area contributed by atoms with Crippen LogP contribution in [-0.4, -0.2) is 28.0 Å². The second kappa shape index (κ2) is 7.06. The van der Waals surface area contributed by atoms with Crippen molar-refractivity contribution in [2.45, 2.75) is 58.5 Å². The van der Waals surface area contributed by atoms with Gasteiger partial charge in [-0.1, -0.05) is 26.2 Å². The highest BCUT2D eigenvalue weighted by molar-refractivity contribution is 5.00. The van der Waals surface area contributed by atoms with E-state index >= 15 is 0 Å². The van der Waals surface area contributed by atoms with Crippen molar-refractivity contribution in [3.8, 4) is 0 Å². The van der Waals surface area contributed by atoms with Crippen LogP contribution in [0.4, 0.5) is 0 Å². The average Bonchev–Trinajstić information content (AvgIpc) is 2.88. The van der Waals surface area contributed by atoms with Gasteiger partial charge in [-0.15, -0.1) is 0 Å². The quantitative estimate of drug-likeness (QED) is 0.795. The first kappa shape index (κ1) is 14.5. The molecule has 0 radical (unpaired) electrons. The lowest BCUT2D eigenvalue weighted by Gasteiger charge is -2.35. The van der Waals surface area contributed by atoms with Crippen LogP contribution >= 0.6 is 0 Å². The third-order valence-corrected chi connectivity index (χ3v) is 4.30. The van der Waals surface area contributed by atoms with Crippen molar-refractivity contribution in [1.82, 2.24) is 15.1 Å². The molecular formula is C15H27N3O. The van der Waals surface area contributed by atoms with Crippen LogP contribution in [0.2, 0.25) is 0 Å². The van der Waals surface area contributed by atoms with E-state index in [-0.39, 0.29) is 5.41 Å². The lowest BCUT2D eigenvalue weighted by Crippen LogP contribution is -2.39. The first-order valence-electron chi connectivity index (χ1n) is 7.62. The van der Waals surface area contributed by atoms with Crippen molar-refractivity contribution in [3.63, 3.8) is 0 Å². The number of aliphatic hydroxyl groups excluding tert-OH is 1. The zero-order valence-corrected chi connectivity index (χ0v) is 12.1. The highest BCUT2D eigenvalue weighted by Gasteiger charge is 2.30. The minimum absolute atomic E-state index is 0.119. The van der Waals surface area contributed by atoms with Gasteiger partial charge in [0, 0.05) is 37.9 Å². The number of hydrogen-bond donors (Lipinski definition) is 2. The van der Waals surface area contributed by atoms with Gasteiger partial charge in [-0.25, -0.2) is 0 Å². The molecule has 0 amide bonds. The fourth-order valence-electron chi connectivity index (χ4n) is 3.07. The van der Waals surface area contributed by atoms with Crippen molar-refractivity contribution in [1.29, 1.82) is 0 Å². The minimum atomic E-state index is 0.119. The highest BCUT2D eigenvalue weighted by atomic mass is 16.3. The van der Waals surface area contributed by atoms with Crippen LogP contribution in [0.1, 0.15) is 51.1 Å². The molecule has 1 heterocycles. The van der Waals surface area contributed by atoms with Gasteiger partial charge >= 0.3 is 0 Å². The molecular weight excluding hydrogens is 238 g/mol. The fraction of sp³-hybridized carbons (Fsp3) is 0.800. The van der Waals surface area contributed by atoms with Crippen molar-refractivity contribution in [3.05, 3.63) is 18.0 Å². The van der Waals surface area contributed by atoms with Crippen molar-refractivity contribution >= 4 is 0 Å². The summed E-state index contributed by atoms with van der Waals surface area (Å²) < 4.78 is 2.07. The van der Waals surface area contributed by atoms with Crippen molar-refractivity contribution in [2.75, 3.05) is 13.2 Å². The lowest BCUT2D eigenvalue weighted by molar-refractivity contribution is 0.0808. The summed E-state index contributed by atoms with van der Waals surface area (Å²) in [6.07, 6.45) is 9.14. The van der Waals surface area contributed by atoms with E-state index in [4.69, 9.17) is 0 Å². The average molecular weight is 265 g/mol. The molecule has 1 aliphatic carbocycles. The van der Waals surface area contributed by atoms with Gasteiger partial charge in [0.15, 0.2) is 0 Å². The lowest BCUT2D eigenvalue weighted by atomic mass is 9.74. The van der Waals surface area contributed by atoms with E-state index in [2.05, 4.69) is 28.1 Å². The summed E-state index contributed by atoms with van der Waals surface area (Å²) >= 11 is 0. The first-order valence-corrected chi connectivity index (χ1v) is 7.62. The highest BCUT2D eigenvalue weighted by Crippen LogP contribution is 2.35. The van der Waals surface area contributed by atoms with E-state index in [1.54, 1.807) is 0 Å². The molecule has 1 aromatic heterocycles. The Morgan fingerprint density at radius 1 is 1.37 bits per heavy atom. The van der Waals surface area contributed by atoms with E-state index in [1.807, 2.05) is 6.20 Å². The number of aryl methyl sites for hydroxylation is 1. The molecule has 19 heavy (non-hydrogen) atoms. The molecule has 1 saturated carbocycles. The second-order valence-corrected chi connectivity index (χ2v) is 5.87. The van der Waals surface area contributed by atoms with Crippen LogP contribution in [0.15, 0.2) is 12.3 Å². The molecule has 0 unspecified atom stereocenters. The van der Waals surface area contributed by atoms with E-state index < -0.39 is 0 Å². The third kappa shape index (κ3) is 3.80. The summed E-state index contributed by atoms with van der Waals surface area (Å²) in [5, 5.41) is 17.5. The molecule has 0 spiro atoms. The molecule has 1 fully saturated rings. The first-order chi connectivity index (χ1) is 9.29. The zero-order valence-electron chi connectivity index (χ0n) is 12.1. The summed E-state index contributed by atoms with van der Waals surface area (Å²) in [5.41, 5.74) is 1.36. The van der Waals surface area contributed by atoms with Crippen LogP contribution in [0.25, 0.3) is 0 Å². The number of aliphatic hydroxyl groups is 1. The summed E-state index contributed by atoms with van der Waals surface area (Å²) in [4.78, 5) is 0. The Morgan fingerprint density at radius 3 is 2.84 bits per heavy atom. The molecule has 0 aliphatic heterocycles. The van der Waals surface area contributed by atoms with Gasteiger partial charge in [-0.2, -0.15) is 5.10 Å². The van der Waals surface area contributed by atoms with Gasteiger partial charge in [-0.3, -0.25) is 4.68 Å². The van der Waals surface area contributed by atoms with Crippen molar-refractivity contribution < 1.29 is 5.11 Å². The Bertz CT molecular complexity index is 369. The largest absolute Gasteiger partial charge is 0.396 e. The second-order valence-electron chi connectivity index (χ2n) is 5.87. The van der Waals surface area contributed by atoms with E-state index in [1.165, 1.54) is 25.0 Å². The zero-order chi connectivity index (χ0) is 13.6. The molecule has 0 aromatic carbocycles. The number of hydrogen-bond acceptors (Lipinski definition) is 3. The van der Waals surface area contributed by atoms with Gasteiger partial charge < -0.3 is 10.4 Å². The van der Waals surface area contributed by atoms with Crippen LogP contribution in [0.5, 0.6) is 0 Å². The number of aromatic nitrogens is 2. The number of nitrogens with one attached hydrogen (secondary N) is 1. The SMILES string of the molecule is CCCn1nccc1CNCC1(CO)CCCCC1. The molecule has 108 valence electrons. The maximum Gasteiger partial charge on any atom is 0.0522 e. The van der Waals surface area contributed by atoms with E-state index in [9.17, 15) is 5.11 Å².